The first-order valence-corrected chi connectivity index (χ1v) is 5.21. The molecule has 0 aliphatic rings. The summed E-state index contributed by atoms with van der Waals surface area (Å²) in [6, 6.07) is -0.442. The predicted octanol–water partition coefficient (Wildman–Crippen LogP) is -0.411. The fourth-order valence-electron chi connectivity index (χ4n) is 0.664. The highest BCUT2D eigenvalue weighted by Crippen LogP contribution is 1.91. The molecular formula is C7H12N2O4S. The van der Waals surface area contributed by atoms with Gasteiger partial charge in [0.25, 0.3) is 0 Å². The molecule has 80 valence electrons. The van der Waals surface area contributed by atoms with Crippen LogP contribution in [0.4, 0.5) is 4.79 Å². The van der Waals surface area contributed by atoms with Crippen molar-refractivity contribution in [1.82, 2.24) is 9.44 Å². The molecule has 0 saturated carbocycles. The predicted molar refractivity (Wildman–Crippen MR) is 50.5 cm³/mol. The van der Waals surface area contributed by atoms with Gasteiger partial charge in [0.15, 0.2) is 0 Å². The van der Waals surface area contributed by atoms with Crippen molar-refractivity contribution in [2.24, 2.45) is 0 Å². The van der Waals surface area contributed by atoms with Gasteiger partial charge < -0.3 is 4.74 Å². The van der Waals surface area contributed by atoms with Gasteiger partial charge in [0.2, 0.25) is 0 Å². The first-order chi connectivity index (χ1) is 6.41. The van der Waals surface area contributed by atoms with Gasteiger partial charge in [-0.3, -0.25) is 0 Å². The minimum Gasteiger partial charge on any atom is -0.452 e. The third-order valence-electron chi connectivity index (χ3n) is 1.18. The summed E-state index contributed by atoms with van der Waals surface area (Å²) in [5.74, 6) is 2.29. The summed E-state index contributed by atoms with van der Waals surface area (Å²) in [5.41, 5.74) is 0. The quantitative estimate of drug-likeness (QED) is 0.631. The van der Waals surface area contributed by atoms with Crippen LogP contribution >= 0.6 is 0 Å². The van der Waals surface area contributed by atoms with Crippen LogP contribution in [-0.2, 0) is 14.9 Å². The minimum atomic E-state index is -3.88. The van der Waals surface area contributed by atoms with Gasteiger partial charge in [-0.2, -0.15) is 13.1 Å². The van der Waals surface area contributed by atoms with Gasteiger partial charge in [-0.05, 0) is 6.92 Å². The lowest BCUT2D eigenvalue weighted by atomic mass is 10.3. The molecule has 1 unspecified atom stereocenters. The molecule has 0 heterocycles. The lowest BCUT2D eigenvalue weighted by Crippen LogP contribution is -2.43. The van der Waals surface area contributed by atoms with Crippen LogP contribution in [-0.4, -0.2) is 27.7 Å². The highest BCUT2D eigenvalue weighted by Gasteiger charge is 2.16. The zero-order valence-corrected chi connectivity index (χ0v) is 8.72. The number of carbonyl (C=O) groups excluding carboxylic acids is 1. The van der Waals surface area contributed by atoms with Gasteiger partial charge >= 0.3 is 16.3 Å². The molecule has 7 heteroatoms. The van der Waals surface area contributed by atoms with Gasteiger partial charge in [0.1, 0.15) is 0 Å². The summed E-state index contributed by atoms with van der Waals surface area (Å²) in [4.78, 5) is 10.6. The topological polar surface area (TPSA) is 84.5 Å². The third kappa shape index (κ3) is 5.40. The maximum absolute atomic E-state index is 11.1. The lowest BCUT2D eigenvalue weighted by Gasteiger charge is -2.11. The Balaban J connectivity index is 4.23. The number of amides is 1. The summed E-state index contributed by atoms with van der Waals surface area (Å²) in [7, 11) is -2.82. The molecule has 0 radical (unpaired) electrons. The second kappa shape index (κ2) is 5.47. The first kappa shape index (κ1) is 12.7. The molecule has 0 aromatic carbocycles. The molecule has 0 bridgehead atoms. The number of terminal acetylenes is 1. The van der Waals surface area contributed by atoms with E-state index in [1.807, 2.05) is 0 Å². The number of ether oxygens (including phenoxy) is 1. The molecule has 0 aromatic rings. The van der Waals surface area contributed by atoms with Crippen LogP contribution in [0.2, 0.25) is 0 Å². The largest absolute Gasteiger partial charge is 0.452 e. The molecular weight excluding hydrogens is 208 g/mol. The standard InChI is InChI=1S/C7H12N2O4S/c1-4-5-6(2)8-14(11,12)9-7(10)13-3/h1,6,8H,5H2,2-3H3,(H,9,10). The number of rotatable bonds is 4. The van der Waals surface area contributed by atoms with Crippen LogP contribution in [0, 0.1) is 12.3 Å². The number of nitrogens with one attached hydrogen (secondary N) is 2. The van der Waals surface area contributed by atoms with E-state index in [0.29, 0.717) is 0 Å². The summed E-state index contributed by atoms with van der Waals surface area (Å²) >= 11 is 0. The van der Waals surface area contributed by atoms with Crippen LogP contribution < -0.4 is 9.44 Å². The number of hydrogen-bond acceptors (Lipinski definition) is 4. The van der Waals surface area contributed by atoms with E-state index in [9.17, 15) is 13.2 Å². The fraction of sp³-hybridized carbons (Fsp3) is 0.571. The Kier molecular flexibility index (Phi) is 4.97. The Morgan fingerprint density at radius 2 is 2.21 bits per heavy atom. The van der Waals surface area contributed by atoms with Gasteiger partial charge in [-0.25, -0.2) is 9.52 Å². The van der Waals surface area contributed by atoms with E-state index in [-0.39, 0.29) is 6.42 Å². The van der Waals surface area contributed by atoms with E-state index in [4.69, 9.17) is 6.42 Å². The van der Waals surface area contributed by atoms with Crippen LogP contribution in [0.1, 0.15) is 13.3 Å². The number of carbonyl (C=O) groups is 1. The number of methoxy groups -OCH3 is 1. The fourth-order valence-corrected chi connectivity index (χ4v) is 1.64. The van der Waals surface area contributed by atoms with Gasteiger partial charge in [0.05, 0.1) is 7.11 Å². The monoisotopic (exact) mass is 220 g/mol. The van der Waals surface area contributed by atoms with Crippen LogP contribution in [0.25, 0.3) is 0 Å². The Hall–Kier alpha value is -1.26. The molecule has 0 fully saturated rings. The maximum atomic E-state index is 11.1. The smallest absolute Gasteiger partial charge is 0.421 e. The normalized spacial score (nSPS) is 12.6. The Labute approximate surface area is 83.2 Å². The summed E-state index contributed by atoms with van der Waals surface area (Å²) in [6.07, 6.45) is 4.17. The molecule has 14 heavy (non-hydrogen) atoms. The van der Waals surface area contributed by atoms with Crippen LogP contribution in [0.3, 0.4) is 0 Å². The van der Waals surface area contributed by atoms with E-state index >= 15 is 0 Å². The first-order valence-electron chi connectivity index (χ1n) is 3.72. The summed E-state index contributed by atoms with van der Waals surface area (Å²) in [6.45, 7) is 1.58. The van der Waals surface area contributed by atoms with Crippen molar-refractivity contribution in [1.29, 1.82) is 0 Å². The Bertz CT molecular complexity index is 330. The van der Waals surface area contributed by atoms with Crippen LogP contribution in [0.5, 0.6) is 0 Å². The van der Waals surface area contributed by atoms with Crippen molar-refractivity contribution in [3.05, 3.63) is 0 Å². The molecule has 2 N–H and O–H groups in total. The molecule has 1 atom stereocenters. The highest BCUT2D eigenvalue weighted by atomic mass is 32.2. The average molecular weight is 220 g/mol. The molecule has 6 nitrogen and oxygen atoms in total. The lowest BCUT2D eigenvalue weighted by molar-refractivity contribution is 0.177. The molecule has 0 saturated heterocycles. The molecule has 0 aliphatic carbocycles. The Morgan fingerprint density at radius 1 is 1.64 bits per heavy atom. The Morgan fingerprint density at radius 3 is 2.64 bits per heavy atom. The maximum Gasteiger partial charge on any atom is 0.421 e. The van der Waals surface area contributed by atoms with E-state index < -0.39 is 22.3 Å². The van der Waals surface area contributed by atoms with Crippen LogP contribution in [0.15, 0.2) is 0 Å². The average Bonchev–Trinajstić information content (AvgIpc) is 2.02. The van der Waals surface area contributed by atoms with E-state index in [2.05, 4.69) is 15.4 Å². The molecule has 0 aliphatic heterocycles. The van der Waals surface area contributed by atoms with E-state index in [1.165, 1.54) is 0 Å². The number of hydrogen-bond donors (Lipinski definition) is 2. The second-order valence-electron chi connectivity index (χ2n) is 2.52. The van der Waals surface area contributed by atoms with E-state index in [0.717, 1.165) is 7.11 Å². The molecule has 0 spiro atoms. The minimum absolute atomic E-state index is 0.238. The molecule has 1 amide bonds. The summed E-state index contributed by atoms with van der Waals surface area (Å²) in [5, 5.41) is 0. The summed E-state index contributed by atoms with van der Waals surface area (Å²) < 4.78 is 30.1. The van der Waals surface area contributed by atoms with Crippen molar-refractivity contribution in [3.8, 4) is 12.3 Å². The van der Waals surface area contributed by atoms with Crippen molar-refractivity contribution >= 4 is 16.3 Å². The van der Waals surface area contributed by atoms with Crippen molar-refractivity contribution in [3.63, 3.8) is 0 Å². The highest BCUT2D eigenvalue weighted by molar-refractivity contribution is 7.88. The van der Waals surface area contributed by atoms with E-state index in [1.54, 1.807) is 11.6 Å². The van der Waals surface area contributed by atoms with Gasteiger partial charge in [-0.15, -0.1) is 12.3 Å². The molecule has 0 aromatic heterocycles. The van der Waals surface area contributed by atoms with Gasteiger partial charge in [-0.1, -0.05) is 0 Å². The van der Waals surface area contributed by atoms with Crippen molar-refractivity contribution < 1.29 is 17.9 Å². The van der Waals surface area contributed by atoms with Gasteiger partial charge in [0, 0.05) is 12.5 Å². The zero-order chi connectivity index (χ0) is 11.2. The third-order valence-corrected chi connectivity index (χ3v) is 2.33. The van der Waals surface area contributed by atoms with Crippen molar-refractivity contribution in [2.75, 3.05) is 7.11 Å². The van der Waals surface area contributed by atoms with Crippen molar-refractivity contribution in [2.45, 2.75) is 19.4 Å². The molecule has 0 rings (SSSR count). The SMILES string of the molecule is C#CCC(C)NS(=O)(=O)NC(=O)OC. The second-order valence-corrected chi connectivity index (χ2v) is 3.97. The zero-order valence-electron chi connectivity index (χ0n) is 7.90.